The number of aliphatic carboxylic acids is 1. The van der Waals surface area contributed by atoms with Gasteiger partial charge in [-0.1, -0.05) is 20.8 Å². The van der Waals surface area contributed by atoms with Gasteiger partial charge in [0.15, 0.2) is 0 Å². The van der Waals surface area contributed by atoms with Gasteiger partial charge in [-0.05, 0) is 26.3 Å². The molecule has 222 valence electrons. The molecule has 41 heavy (non-hydrogen) atoms. The van der Waals surface area contributed by atoms with Crippen LogP contribution in [0.4, 0.5) is 15.6 Å². The van der Waals surface area contributed by atoms with Crippen molar-refractivity contribution >= 4 is 45.6 Å². The molecule has 3 aromatic heterocycles. The fourth-order valence-electron chi connectivity index (χ4n) is 4.37. The summed E-state index contributed by atoms with van der Waals surface area (Å²) in [6, 6.07) is 0.979. The number of allylic oxidation sites excluding steroid dienone is 2. The number of fused-ring (bicyclic) bond motifs is 1. The van der Waals surface area contributed by atoms with Gasteiger partial charge in [0, 0.05) is 5.54 Å². The van der Waals surface area contributed by atoms with Crippen LogP contribution >= 0.6 is 11.5 Å². The number of hydrogen-bond acceptors (Lipinski definition) is 10. The number of nitrogens with one attached hydrogen (secondary N) is 3. The third-order valence-corrected chi connectivity index (χ3v) is 8.77. The minimum absolute atomic E-state index is 0.0859. The van der Waals surface area contributed by atoms with Gasteiger partial charge in [0.2, 0.25) is 0 Å². The van der Waals surface area contributed by atoms with Crippen LogP contribution in [0.5, 0.6) is 0 Å². The van der Waals surface area contributed by atoms with Crippen LogP contribution in [0.2, 0.25) is 0 Å². The first-order chi connectivity index (χ1) is 19.5. The van der Waals surface area contributed by atoms with E-state index in [1.165, 1.54) is 11.5 Å². The molecule has 12 nitrogen and oxygen atoms in total. The second-order valence-electron chi connectivity index (χ2n) is 10.6. The van der Waals surface area contributed by atoms with Gasteiger partial charge in [-0.25, -0.2) is 9.59 Å². The number of anilines is 2. The number of likely N-dealkylation sites (N-methyl/N-ethyl adjacent to an activating group) is 1. The molecule has 1 amide bonds. The fourth-order valence-corrected chi connectivity index (χ4v) is 6.31. The number of aryl methyl sites for hydroxylation is 1. The maximum absolute atomic E-state index is 12.3. The summed E-state index contributed by atoms with van der Waals surface area (Å²) in [6.45, 7) is 12.7. The molecule has 14 heteroatoms. The number of aromatic nitrogens is 4. The Hall–Kier alpha value is -3.24. The average molecular weight is 696 g/mol. The molecule has 0 unspecified atom stereocenters. The van der Waals surface area contributed by atoms with E-state index in [0.29, 0.717) is 18.9 Å². The van der Waals surface area contributed by atoms with Crippen LogP contribution in [0.25, 0.3) is 11.2 Å². The van der Waals surface area contributed by atoms with Gasteiger partial charge in [-0.15, -0.1) is 0 Å². The molecule has 1 aliphatic heterocycles. The van der Waals surface area contributed by atoms with Crippen LogP contribution in [-0.2, 0) is 16.1 Å². The number of carboxylic acid groups (broad SMARTS) is 1. The van der Waals surface area contributed by atoms with Gasteiger partial charge in [0.1, 0.15) is 12.6 Å². The number of halogens is 1. The van der Waals surface area contributed by atoms with Crippen LogP contribution in [0.1, 0.15) is 51.7 Å². The summed E-state index contributed by atoms with van der Waals surface area (Å²) in [5.41, 5.74) is 3.99. The summed E-state index contributed by atoms with van der Waals surface area (Å²) in [6.07, 6.45) is 7.25. The van der Waals surface area contributed by atoms with Crippen molar-refractivity contribution in [2.75, 3.05) is 18.5 Å². The van der Waals surface area contributed by atoms with Crippen LogP contribution in [0.3, 0.4) is 0 Å². The molecule has 1 atom stereocenters. The zero-order valence-electron chi connectivity index (χ0n) is 23.9. The maximum Gasteiger partial charge on any atom is 0.407 e. The van der Waals surface area contributed by atoms with Crippen molar-refractivity contribution in [3.8, 4) is 0 Å². The van der Waals surface area contributed by atoms with Crippen molar-refractivity contribution in [3.63, 3.8) is 0 Å². The number of amides is 1. The number of hydrogen-bond donors (Lipinski definition) is 4. The molecule has 1 aliphatic rings. The minimum Gasteiger partial charge on any atom is -0.480 e. The number of ether oxygens (including phenoxy) is 1. The Morgan fingerprint density at radius 1 is 1.34 bits per heavy atom. The smallest absolute Gasteiger partial charge is 0.407 e. The molecule has 3 aromatic rings. The number of carbonyl (C=O) groups excluding carboxylic acids is 1. The van der Waals surface area contributed by atoms with Crippen LogP contribution in [-0.4, -0.2) is 65.5 Å². The van der Waals surface area contributed by atoms with Crippen molar-refractivity contribution < 1.29 is 40.9 Å². The number of carbonyl (C=O) groups is 2. The van der Waals surface area contributed by atoms with E-state index in [2.05, 4.69) is 38.6 Å². The number of alkyl carbamates (subject to hydrolysis) is 1. The van der Waals surface area contributed by atoms with Crippen molar-refractivity contribution in [1.82, 2.24) is 32.5 Å². The summed E-state index contributed by atoms with van der Waals surface area (Å²) in [5.74, 6) is -0.703. The predicted octanol–water partition coefficient (Wildman–Crippen LogP) is 1.14. The Kier molecular flexibility index (Phi) is 9.86. The van der Waals surface area contributed by atoms with E-state index < -0.39 is 23.6 Å². The largest absolute Gasteiger partial charge is 0.480 e. The van der Waals surface area contributed by atoms with E-state index in [9.17, 15) is 14.7 Å². The van der Waals surface area contributed by atoms with Gasteiger partial charge in [0.25, 0.3) is 0 Å². The molecule has 0 radical (unpaired) electrons. The molecule has 0 bridgehead atoms. The Morgan fingerprint density at radius 3 is 2.78 bits per heavy atom. The second-order valence-corrected chi connectivity index (χ2v) is 13.4. The van der Waals surface area contributed by atoms with Gasteiger partial charge >= 0.3 is 160 Å². The van der Waals surface area contributed by atoms with Gasteiger partial charge in [0.05, 0.1) is 0 Å². The van der Waals surface area contributed by atoms with Crippen LogP contribution < -0.4 is 35.6 Å². The molecule has 0 saturated carbocycles. The van der Waals surface area contributed by atoms with Crippen molar-refractivity contribution in [3.05, 3.63) is 51.9 Å². The van der Waals surface area contributed by atoms with Gasteiger partial charge < -0.3 is 15.2 Å². The normalized spacial score (nSPS) is 14.4. The molecule has 0 aromatic carbocycles. The van der Waals surface area contributed by atoms with E-state index in [4.69, 9.17) is 9.72 Å². The second kappa shape index (κ2) is 13.2. The quantitative estimate of drug-likeness (QED) is 0.161. The topological polar surface area (TPSA) is 146 Å². The zero-order valence-corrected chi connectivity index (χ0v) is 26.9. The predicted molar refractivity (Wildman–Crippen MR) is 154 cm³/mol. The first kappa shape index (κ1) is 30.7. The SMILES string of the molecule is CCN(Cc1cc(Nc2nc(C)cn3c(C4=CN[I-]C=C4)cnc23)sn1)C(C)(C)COC(=O)N[C@H](C(=O)O)C(C)C. The van der Waals surface area contributed by atoms with Crippen molar-refractivity contribution in [2.24, 2.45) is 5.92 Å². The molecule has 0 spiro atoms. The number of carboxylic acids is 1. The Bertz CT molecular complexity index is 1460. The molecule has 4 N–H and O–H groups in total. The number of nitrogens with zero attached hydrogens (tertiary/aromatic N) is 5. The minimum atomic E-state index is -1.09. The first-order valence-corrected chi connectivity index (χ1v) is 16.3. The Balaban J connectivity index is 1.42. The van der Waals surface area contributed by atoms with Crippen molar-refractivity contribution in [1.29, 1.82) is 0 Å². The molecule has 0 saturated heterocycles. The zero-order chi connectivity index (χ0) is 29.7. The molecular formula is C27H36IN8O4S-. The van der Waals surface area contributed by atoms with E-state index in [1.807, 2.05) is 56.8 Å². The summed E-state index contributed by atoms with van der Waals surface area (Å²) < 4.78 is 17.6. The molecule has 0 fully saturated rings. The van der Waals surface area contributed by atoms with E-state index in [1.54, 1.807) is 13.8 Å². The molecule has 0 aliphatic carbocycles. The third-order valence-electron chi connectivity index (χ3n) is 6.64. The van der Waals surface area contributed by atoms with E-state index in [-0.39, 0.29) is 34.0 Å². The Morgan fingerprint density at radius 2 is 2.12 bits per heavy atom. The standard InChI is InChI=1S/C27H36IN8O4S/c1-7-35(27(5,6)15-40-26(39)33-22(16(2)3)25(37)38)14-19-10-21(41-34-19)32-23-24-29-12-20(18-8-9-28-30-11-18)36(24)13-17(4)31-23/h8-13,16,22,30H,7,14-15H2,1-6H3,(H,31,32)(H,33,39)(H,37,38)/q-1/t22-/m0/s1. The molecule has 4 heterocycles. The van der Waals surface area contributed by atoms with E-state index in [0.717, 1.165) is 33.3 Å². The summed E-state index contributed by atoms with van der Waals surface area (Å²) >= 11 is 1.22. The van der Waals surface area contributed by atoms with E-state index >= 15 is 0 Å². The molecular weight excluding hydrogens is 659 g/mol. The Labute approximate surface area is 254 Å². The fraction of sp³-hybridized carbons (Fsp3) is 0.444. The van der Waals surface area contributed by atoms with Crippen molar-refractivity contribution in [2.45, 2.75) is 59.7 Å². The number of imidazole rings is 1. The first-order valence-electron chi connectivity index (χ1n) is 13.2. The van der Waals surface area contributed by atoms with Crippen LogP contribution in [0.15, 0.2) is 34.8 Å². The maximum atomic E-state index is 12.3. The van der Waals surface area contributed by atoms with Gasteiger partial charge in [-0.2, -0.15) is 0 Å². The monoisotopic (exact) mass is 695 g/mol. The summed E-state index contributed by atoms with van der Waals surface area (Å²) in [7, 11) is 0. The summed E-state index contributed by atoms with van der Waals surface area (Å²) in [4.78, 5) is 35.2. The average Bonchev–Trinajstić information content (AvgIpc) is 3.56. The van der Waals surface area contributed by atoms with Crippen LogP contribution in [0, 0.1) is 12.8 Å². The number of rotatable bonds is 12. The molecule has 4 rings (SSSR count). The van der Waals surface area contributed by atoms with Gasteiger partial charge in [-0.3, -0.25) is 4.90 Å². The third kappa shape index (κ3) is 7.54. The summed E-state index contributed by atoms with van der Waals surface area (Å²) in [5, 5.41) is 16.0.